The molecule has 0 bridgehead atoms. The number of rotatable bonds is 6. The number of amides is 1. The number of hydrogen-bond donors (Lipinski definition) is 2. The third-order valence-electron chi connectivity index (χ3n) is 2.32. The Balaban J connectivity index is 2.54. The molecule has 0 aliphatic rings. The van der Waals surface area contributed by atoms with Crippen LogP contribution in [-0.4, -0.2) is 12.0 Å². The summed E-state index contributed by atoms with van der Waals surface area (Å²) < 4.78 is 10.7. The number of nitrogens with one attached hydrogen (secondary N) is 1. The zero-order valence-electron chi connectivity index (χ0n) is 9.66. The SMILES string of the molecule is CCCC(C)OCc1occc1C(=O)NN. The molecule has 5 heteroatoms. The van der Waals surface area contributed by atoms with E-state index in [1.54, 1.807) is 6.07 Å². The van der Waals surface area contributed by atoms with Gasteiger partial charge in [-0.25, -0.2) is 5.84 Å². The molecular weight excluding hydrogens is 208 g/mol. The summed E-state index contributed by atoms with van der Waals surface area (Å²) >= 11 is 0. The number of hydrogen-bond acceptors (Lipinski definition) is 4. The first-order valence-electron chi connectivity index (χ1n) is 5.38. The molecule has 0 spiro atoms. The highest BCUT2D eigenvalue weighted by atomic mass is 16.5. The fourth-order valence-corrected chi connectivity index (χ4v) is 1.44. The van der Waals surface area contributed by atoms with Crippen LogP contribution in [0.1, 0.15) is 42.8 Å². The third-order valence-corrected chi connectivity index (χ3v) is 2.32. The number of furan rings is 1. The van der Waals surface area contributed by atoms with Gasteiger partial charge in [0.15, 0.2) is 0 Å². The molecule has 0 fully saturated rings. The molecule has 0 aliphatic carbocycles. The van der Waals surface area contributed by atoms with E-state index in [4.69, 9.17) is 15.0 Å². The van der Waals surface area contributed by atoms with Crippen LogP contribution in [0.15, 0.2) is 16.7 Å². The molecule has 1 unspecified atom stereocenters. The van der Waals surface area contributed by atoms with Crippen molar-refractivity contribution >= 4 is 5.91 Å². The summed E-state index contributed by atoms with van der Waals surface area (Å²) in [4.78, 5) is 11.3. The molecule has 3 N–H and O–H groups in total. The predicted molar refractivity (Wildman–Crippen MR) is 59.5 cm³/mol. The number of nitrogens with two attached hydrogens (primary N) is 1. The molecular formula is C11H18N2O3. The first-order valence-corrected chi connectivity index (χ1v) is 5.38. The van der Waals surface area contributed by atoms with Crippen molar-refractivity contribution in [2.75, 3.05) is 0 Å². The summed E-state index contributed by atoms with van der Waals surface area (Å²) in [5.74, 6) is 5.19. The van der Waals surface area contributed by atoms with Crippen molar-refractivity contribution < 1.29 is 13.9 Å². The zero-order chi connectivity index (χ0) is 12.0. The lowest BCUT2D eigenvalue weighted by Gasteiger charge is -2.10. The second kappa shape index (κ2) is 6.30. The maximum Gasteiger partial charge on any atom is 0.268 e. The topological polar surface area (TPSA) is 77.5 Å². The zero-order valence-corrected chi connectivity index (χ0v) is 9.66. The average molecular weight is 226 g/mol. The molecule has 1 aromatic heterocycles. The average Bonchev–Trinajstić information content (AvgIpc) is 2.74. The molecule has 1 atom stereocenters. The predicted octanol–water partition coefficient (Wildman–Crippen LogP) is 1.59. The quantitative estimate of drug-likeness (QED) is 0.438. The lowest BCUT2D eigenvalue weighted by molar-refractivity contribution is 0.0365. The highest BCUT2D eigenvalue weighted by Crippen LogP contribution is 2.13. The molecule has 90 valence electrons. The minimum Gasteiger partial charge on any atom is -0.466 e. The van der Waals surface area contributed by atoms with Crippen LogP contribution in [0.4, 0.5) is 0 Å². The van der Waals surface area contributed by atoms with Gasteiger partial charge in [-0.1, -0.05) is 13.3 Å². The number of ether oxygens (including phenoxy) is 1. The van der Waals surface area contributed by atoms with E-state index >= 15 is 0 Å². The highest BCUT2D eigenvalue weighted by molar-refractivity contribution is 5.94. The Hall–Kier alpha value is -1.33. The Morgan fingerprint density at radius 3 is 3.06 bits per heavy atom. The first-order chi connectivity index (χ1) is 7.69. The van der Waals surface area contributed by atoms with Gasteiger partial charge in [0.25, 0.3) is 5.91 Å². The largest absolute Gasteiger partial charge is 0.466 e. The molecule has 1 rings (SSSR count). The molecule has 1 aromatic rings. The maximum absolute atomic E-state index is 11.3. The van der Waals surface area contributed by atoms with Crippen LogP contribution in [0.25, 0.3) is 0 Å². The molecule has 0 saturated heterocycles. The van der Waals surface area contributed by atoms with E-state index in [2.05, 4.69) is 12.3 Å². The van der Waals surface area contributed by atoms with Gasteiger partial charge in [-0.2, -0.15) is 0 Å². The van der Waals surface area contributed by atoms with E-state index in [0.717, 1.165) is 12.8 Å². The van der Waals surface area contributed by atoms with Crippen LogP contribution in [0.3, 0.4) is 0 Å². The summed E-state index contributed by atoms with van der Waals surface area (Å²) in [6.45, 7) is 4.38. The highest BCUT2D eigenvalue weighted by Gasteiger charge is 2.14. The van der Waals surface area contributed by atoms with Gasteiger partial charge in [-0.3, -0.25) is 10.2 Å². The fraction of sp³-hybridized carbons (Fsp3) is 0.545. The van der Waals surface area contributed by atoms with Gasteiger partial charge in [-0.05, 0) is 19.4 Å². The van der Waals surface area contributed by atoms with Crippen LogP contribution >= 0.6 is 0 Å². The van der Waals surface area contributed by atoms with Gasteiger partial charge in [0.05, 0.1) is 17.9 Å². The number of hydrazine groups is 1. The van der Waals surface area contributed by atoms with E-state index in [9.17, 15) is 4.79 Å². The van der Waals surface area contributed by atoms with Crippen LogP contribution < -0.4 is 11.3 Å². The second-order valence-corrected chi connectivity index (χ2v) is 3.64. The molecule has 1 amide bonds. The Morgan fingerprint density at radius 2 is 2.44 bits per heavy atom. The van der Waals surface area contributed by atoms with Gasteiger partial charge >= 0.3 is 0 Å². The number of carbonyl (C=O) groups excluding carboxylic acids is 1. The summed E-state index contributed by atoms with van der Waals surface area (Å²) in [5.41, 5.74) is 2.49. The van der Waals surface area contributed by atoms with E-state index in [-0.39, 0.29) is 18.6 Å². The van der Waals surface area contributed by atoms with Crippen LogP contribution in [0, 0.1) is 0 Å². The van der Waals surface area contributed by atoms with Gasteiger partial charge < -0.3 is 9.15 Å². The van der Waals surface area contributed by atoms with Crippen molar-refractivity contribution in [3.05, 3.63) is 23.7 Å². The maximum atomic E-state index is 11.3. The van der Waals surface area contributed by atoms with Gasteiger partial charge in [0.1, 0.15) is 12.4 Å². The molecule has 0 saturated carbocycles. The van der Waals surface area contributed by atoms with Crippen molar-refractivity contribution in [2.24, 2.45) is 5.84 Å². The minimum atomic E-state index is -0.365. The Bertz CT molecular complexity index is 336. The lowest BCUT2D eigenvalue weighted by Crippen LogP contribution is -2.30. The number of nitrogen functional groups attached to an aromatic ring is 1. The second-order valence-electron chi connectivity index (χ2n) is 3.64. The van der Waals surface area contributed by atoms with Gasteiger partial charge in [0.2, 0.25) is 0 Å². The fourth-order valence-electron chi connectivity index (χ4n) is 1.44. The van der Waals surface area contributed by atoms with E-state index in [0.29, 0.717) is 11.3 Å². The molecule has 16 heavy (non-hydrogen) atoms. The molecule has 0 radical (unpaired) electrons. The van der Waals surface area contributed by atoms with Crippen molar-refractivity contribution in [1.29, 1.82) is 0 Å². The summed E-state index contributed by atoms with van der Waals surface area (Å²) in [6.07, 6.45) is 3.66. The number of carbonyl (C=O) groups is 1. The van der Waals surface area contributed by atoms with Crippen LogP contribution in [0.2, 0.25) is 0 Å². The van der Waals surface area contributed by atoms with Crippen molar-refractivity contribution in [2.45, 2.75) is 39.4 Å². The molecule has 5 nitrogen and oxygen atoms in total. The van der Waals surface area contributed by atoms with Crippen LogP contribution in [0.5, 0.6) is 0 Å². The normalized spacial score (nSPS) is 12.4. The Morgan fingerprint density at radius 1 is 1.69 bits per heavy atom. The van der Waals surface area contributed by atoms with Crippen molar-refractivity contribution in [3.63, 3.8) is 0 Å². The smallest absolute Gasteiger partial charge is 0.268 e. The Kier molecular flexibility index (Phi) is 5.01. The van der Waals surface area contributed by atoms with E-state index in [1.165, 1.54) is 6.26 Å². The third kappa shape index (κ3) is 3.36. The summed E-state index contributed by atoms with van der Waals surface area (Å²) in [7, 11) is 0. The summed E-state index contributed by atoms with van der Waals surface area (Å²) in [5, 5.41) is 0. The molecule has 0 aliphatic heterocycles. The first kappa shape index (κ1) is 12.7. The minimum absolute atomic E-state index is 0.156. The standard InChI is InChI=1S/C11H18N2O3/c1-3-4-8(2)16-7-10-9(5-6-15-10)11(14)13-12/h5-6,8H,3-4,7,12H2,1-2H3,(H,13,14). The van der Waals surface area contributed by atoms with Gasteiger partial charge in [-0.15, -0.1) is 0 Å². The van der Waals surface area contributed by atoms with Crippen LogP contribution in [-0.2, 0) is 11.3 Å². The van der Waals surface area contributed by atoms with Gasteiger partial charge in [0, 0.05) is 0 Å². The van der Waals surface area contributed by atoms with Crippen molar-refractivity contribution in [3.8, 4) is 0 Å². The monoisotopic (exact) mass is 226 g/mol. The lowest BCUT2D eigenvalue weighted by atomic mass is 10.2. The van der Waals surface area contributed by atoms with Crippen molar-refractivity contribution in [1.82, 2.24) is 5.43 Å². The Labute approximate surface area is 94.9 Å². The summed E-state index contributed by atoms with van der Waals surface area (Å²) in [6, 6.07) is 1.57. The molecule has 0 aromatic carbocycles. The van der Waals surface area contributed by atoms with E-state index < -0.39 is 0 Å². The van der Waals surface area contributed by atoms with E-state index in [1.807, 2.05) is 6.92 Å². The molecule has 1 heterocycles.